The van der Waals surface area contributed by atoms with Gasteiger partial charge >= 0.3 is 0 Å². The third-order valence-corrected chi connectivity index (χ3v) is 3.58. The van der Waals surface area contributed by atoms with Crippen LogP contribution in [0.4, 0.5) is 17.5 Å². The number of nitrogens with one attached hydrogen (secondary N) is 2. The van der Waals surface area contributed by atoms with Crippen LogP contribution in [0.15, 0.2) is 24.4 Å². The Bertz CT molecular complexity index is 591. The number of rotatable bonds is 5. The fourth-order valence-corrected chi connectivity index (χ4v) is 1.85. The van der Waals surface area contributed by atoms with E-state index in [9.17, 15) is 0 Å². The Kier molecular flexibility index (Phi) is 4.98. The van der Waals surface area contributed by atoms with Gasteiger partial charge in [0.25, 0.3) is 0 Å². The molecule has 2 N–H and O–H groups in total. The first-order valence-corrected chi connectivity index (χ1v) is 7.03. The molecule has 0 amide bonds. The van der Waals surface area contributed by atoms with Crippen LogP contribution in [0, 0.1) is 0 Å². The quantitative estimate of drug-likeness (QED) is 0.869. The van der Waals surface area contributed by atoms with Crippen LogP contribution in [-0.4, -0.2) is 21.2 Å². The Morgan fingerprint density at radius 2 is 2.10 bits per heavy atom. The van der Waals surface area contributed by atoms with E-state index in [-0.39, 0.29) is 0 Å². The van der Waals surface area contributed by atoms with Gasteiger partial charge in [-0.05, 0) is 25.5 Å². The first-order valence-electron chi connectivity index (χ1n) is 6.27. The fraction of sp³-hybridized carbons (Fsp3) is 0.308. The first kappa shape index (κ1) is 14.8. The lowest BCUT2D eigenvalue weighted by Gasteiger charge is -2.12. The molecule has 0 aliphatic carbocycles. The molecule has 1 aromatic heterocycles. The standard InChI is InChI=1S/C13H15Cl2N5/c1-3-8(2)17-11-7-16-20-13(19-11)18-10-6-4-5-9(14)12(10)15/h4-8H,3H2,1-2H3,(H2,17,18,19,20). The summed E-state index contributed by atoms with van der Waals surface area (Å²) in [4.78, 5) is 4.33. The number of nitrogens with zero attached hydrogens (tertiary/aromatic N) is 3. The predicted molar refractivity (Wildman–Crippen MR) is 82.9 cm³/mol. The minimum absolute atomic E-state index is 0.314. The topological polar surface area (TPSA) is 62.7 Å². The second-order valence-corrected chi connectivity index (χ2v) is 5.13. The van der Waals surface area contributed by atoms with Crippen molar-refractivity contribution >= 4 is 40.7 Å². The molecule has 106 valence electrons. The van der Waals surface area contributed by atoms with Gasteiger partial charge in [-0.1, -0.05) is 36.2 Å². The summed E-state index contributed by atoms with van der Waals surface area (Å²) in [6, 6.07) is 5.63. The van der Waals surface area contributed by atoms with Gasteiger partial charge < -0.3 is 10.6 Å². The van der Waals surface area contributed by atoms with Crippen molar-refractivity contribution in [1.82, 2.24) is 15.2 Å². The smallest absolute Gasteiger partial charge is 0.249 e. The minimum Gasteiger partial charge on any atom is -0.366 e. The van der Waals surface area contributed by atoms with Crippen LogP contribution in [0.5, 0.6) is 0 Å². The van der Waals surface area contributed by atoms with Crippen LogP contribution < -0.4 is 10.6 Å². The van der Waals surface area contributed by atoms with E-state index in [4.69, 9.17) is 23.2 Å². The average molecular weight is 312 g/mol. The molecule has 0 saturated heterocycles. The second kappa shape index (κ2) is 6.72. The zero-order chi connectivity index (χ0) is 14.5. The summed E-state index contributed by atoms with van der Waals surface area (Å²) in [6.45, 7) is 4.17. The van der Waals surface area contributed by atoms with Crippen molar-refractivity contribution < 1.29 is 0 Å². The van der Waals surface area contributed by atoms with Gasteiger partial charge in [-0.15, -0.1) is 5.10 Å². The molecule has 20 heavy (non-hydrogen) atoms. The average Bonchev–Trinajstić information content (AvgIpc) is 2.44. The molecule has 0 saturated carbocycles. The lowest BCUT2D eigenvalue weighted by Crippen LogP contribution is -2.15. The van der Waals surface area contributed by atoms with E-state index >= 15 is 0 Å². The van der Waals surface area contributed by atoms with Gasteiger partial charge in [0, 0.05) is 6.04 Å². The Morgan fingerprint density at radius 3 is 2.85 bits per heavy atom. The van der Waals surface area contributed by atoms with Gasteiger partial charge in [0.1, 0.15) is 0 Å². The van der Waals surface area contributed by atoms with Crippen LogP contribution in [0.25, 0.3) is 0 Å². The number of hydrogen-bond donors (Lipinski definition) is 2. The van der Waals surface area contributed by atoms with Gasteiger partial charge in [-0.2, -0.15) is 10.1 Å². The Labute approximate surface area is 127 Å². The van der Waals surface area contributed by atoms with Gasteiger partial charge in [0.2, 0.25) is 5.95 Å². The van der Waals surface area contributed by atoms with Crippen molar-refractivity contribution in [2.24, 2.45) is 0 Å². The van der Waals surface area contributed by atoms with Crippen LogP contribution >= 0.6 is 23.2 Å². The number of halogens is 2. The zero-order valence-corrected chi connectivity index (χ0v) is 12.7. The molecule has 0 aliphatic heterocycles. The fourth-order valence-electron chi connectivity index (χ4n) is 1.50. The zero-order valence-electron chi connectivity index (χ0n) is 11.2. The predicted octanol–water partition coefficient (Wildman–Crippen LogP) is 4.13. The molecule has 1 heterocycles. The number of benzene rings is 1. The van der Waals surface area contributed by atoms with Crippen LogP contribution in [-0.2, 0) is 0 Å². The molecule has 0 aliphatic rings. The summed E-state index contributed by atoms with van der Waals surface area (Å²) in [5.74, 6) is 1.03. The van der Waals surface area contributed by atoms with E-state index in [2.05, 4.69) is 39.7 Å². The van der Waals surface area contributed by atoms with E-state index in [1.54, 1.807) is 24.4 Å². The summed E-state index contributed by atoms with van der Waals surface area (Å²) in [5, 5.41) is 15.0. The Hall–Kier alpha value is -1.59. The largest absolute Gasteiger partial charge is 0.366 e. The van der Waals surface area contributed by atoms with E-state index in [1.165, 1.54) is 0 Å². The molecule has 0 radical (unpaired) electrons. The molecule has 0 bridgehead atoms. The molecule has 7 heteroatoms. The summed E-state index contributed by atoms with van der Waals surface area (Å²) >= 11 is 12.1. The van der Waals surface area contributed by atoms with Crippen molar-refractivity contribution in [3.63, 3.8) is 0 Å². The number of aromatic nitrogens is 3. The normalized spacial score (nSPS) is 12.0. The molecule has 0 spiro atoms. The number of anilines is 3. The third kappa shape index (κ3) is 3.71. The Morgan fingerprint density at radius 1 is 1.30 bits per heavy atom. The highest BCUT2D eigenvalue weighted by Crippen LogP contribution is 2.30. The highest BCUT2D eigenvalue weighted by atomic mass is 35.5. The van der Waals surface area contributed by atoms with Gasteiger partial charge in [0.15, 0.2) is 5.82 Å². The highest BCUT2D eigenvalue weighted by molar-refractivity contribution is 6.43. The molecule has 2 aromatic rings. The summed E-state index contributed by atoms with van der Waals surface area (Å²) < 4.78 is 0. The van der Waals surface area contributed by atoms with E-state index in [0.29, 0.717) is 33.5 Å². The SMILES string of the molecule is CCC(C)Nc1cnnc(Nc2cccc(Cl)c2Cl)n1. The molecular weight excluding hydrogens is 297 g/mol. The van der Waals surface area contributed by atoms with Gasteiger partial charge in [-0.3, -0.25) is 0 Å². The van der Waals surface area contributed by atoms with Crippen molar-refractivity contribution in [1.29, 1.82) is 0 Å². The molecule has 0 fully saturated rings. The van der Waals surface area contributed by atoms with E-state index in [0.717, 1.165) is 6.42 Å². The van der Waals surface area contributed by atoms with Crippen molar-refractivity contribution in [3.05, 3.63) is 34.4 Å². The summed E-state index contributed by atoms with van der Waals surface area (Å²) in [7, 11) is 0. The van der Waals surface area contributed by atoms with Crippen molar-refractivity contribution in [3.8, 4) is 0 Å². The third-order valence-electron chi connectivity index (χ3n) is 2.76. The van der Waals surface area contributed by atoms with Crippen LogP contribution in [0.3, 0.4) is 0 Å². The van der Waals surface area contributed by atoms with E-state index in [1.807, 2.05) is 0 Å². The molecule has 1 unspecified atom stereocenters. The van der Waals surface area contributed by atoms with Crippen molar-refractivity contribution in [2.45, 2.75) is 26.3 Å². The summed E-state index contributed by atoms with van der Waals surface area (Å²) in [6.07, 6.45) is 2.57. The van der Waals surface area contributed by atoms with Crippen LogP contribution in [0.1, 0.15) is 20.3 Å². The van der Waals surface area contributed by atoms with Crippen LogP contribution in [0.2, 0.25) is 10.0 Å². The maximum absolute atomic E-state index is 6.10. The minimum atomic E-state index is 0.314. The van der Waals surface area contributed by atoms with Gasteiger partial charge in [-0.25, -0.2) is 0 Å². The molecule has 5 nitrogen and oxygen atoms in total. The molecule has 1 atom stereocenters. The van der Waals surface area contributed by atoms with E-state index < -0.39 is 0 Å². The summed E-state index contributed by atoms with van der Waals surface area (Å²) in [5.41, 5.74) is 0.640. The second-order valence-electron chi connectivity index (χ2n) is 4.35. The lowest BCUT2D eigenvalue weighted by molar-refractivity contribution is 0.755. The monoisotopic (exact) mass is 311 g/mol. The maximum atomic E-state index is 6.10. The highest BCUT2D eigenvalue weighted by Gasteiger charge is 2.08. The lowest BCUT2D eigenvalue weighted by atomic mass is 10.3. The maximum Gasteiger partial charge on any atom is 0.249 e. The van der Waals surface area contributed by atoms with Gasteiger partial charge in [0.05, 0.1) is 21.9 Å². The number of hydrogen-bond acceptors (Lipinski definition) is 5. The first-order chi connectivity index (χ1) is 9.60. The molecule has 2 rings (SSSR count). The Balaban J connectivity index is 2.17. The molecular formula is C13H15Cl2N5. The molecule has 1 aromatic carbocycles. The van der Waals surface area contributed by atoms with Crippen molar-refractivity contribution in [2.75, 3.05) is 10.6 Å².